The molecular formula is C23H22N4O3S2. The van der Waals surface area contributed by atoms with E-state index in [4.69, 9.17) is 5.73 Å². The van der Waals surface area contributed by atoms with Crippen LogP contribution in [-0.2, 0) is 0 Å². The highest BCUT2D eigenvalue weighted by Gasteiger charge is 2.43. The number of Topliss-reactive ketones (excluding diaryl/α,β-unsaturated/α-hetero) is 1. The smallest absolute Gasteiger partial charge is 0.317 e. The maximum absolute atomic E-state index is 13.5. The van der Waals surface area contributed by atoms with Gasteiger partial charge in [0.15, 0.2) is 5.78 Å². The average molecular weight is 467 g/mol. The van der Waals surface area contributed by atoms with Crippen LogP contribution in [0.1, 0.15) is 45.7 Å². The van der Waals surface area contributed by atoms with Crippen molar-refractivity contribution in [3.63, 3.8) is 0 Å². The molecule has 0 bridgehead atoms. The molecule has 2 aromatic heterocycles. The molecule has 1 aromatic carbocycles. The van der Waals surface area contributed by atoms with Crippen molar-refractivity contribution in [1.29, 1.82) is 0 Å². The van der Waals surface area contributed by atoms with Crippen molar-refractivity contribution in [2.75, 3.05) is 18.4 Å². The van der Waals surface area contributed by atoms with Crippen molar-refractivity contribution in [2.24, 2.45) is 5.73 Å². The highest BCUT2D eigenvalue weighted by Crippen LogP contribution is 2.49. The van der Waals surface area contributed by atoms with E-state index in [9.17, 15) is 14.4 Å². The van der Waals surface area contributed by atoms with Gasteiger partial charge in [0, 0.05) is 45.8 Å². The number of hydrogen-bond acceptors (Lipinski definition) is 6. The van der Waals surface area contributed by atoms with Crippen molar-refractivity contribution in [2.45, 2.75) is 35.8 Å². The van der Waals surface area contributed by atoms with Gasteiger partial charge in [0.05, 0.1) is 5.56 Å². The summed E-state index contributed by atoms with van der Waals surface area (Å²) in [6, 6.07) is 10.8. The average Bonchev–Trinajstić information content (AvgIpc) is 3.09. The molecule has 0 aliphatic carbocycles. The maximum Gasteiger partial charge on any atom is 0.317 e. The molecular weight excluding hydrogens is 444 g/mol. The lowest BCUT2D eigenvalue weighted by atomic mass is 9.88. The molecule has 0 radical (unpaired) electrons. The van der Waals surface area contributed by atoms with Gasteiger partial charge in [-0.15, -0.1) is 11.8 Å². The van der Waals surface area contributed by atoms with E-state index < -0.39 is 6.03 Å². The number of benzene rings is 1. The lowest BCUT2D eigenvalue weighted by Gasteiger charge is -2.43. The first-order chi connectivity index (χ1) is 15.3. The zero-order valence-corrected chi connectivity index (χ0v) is 19.1. The molecule has 1 fully saturated rings. The standard InChI is InChI=1S/C23H22N4O3S2/c1-13-6-7-15-18(20(26-22(24)30)31-19(15)25-13)21(29)27-10-8-23(9-11-27)12-16(28)14-4-2-3-5-17(14)32-23/h2-7H,8-12H2,1H3,(H3,24,26,30). The minimum absolute atomic E-state index is 0.145. The van der Waals surface area contributed by atoms with Crippen LogP contribution in [-0.4, -0.2) is 45.4 Å². The number of nitrogens with two attached hydrogens (primary N) is 1. The Bertz CT molecular complexity index is 1260. The van der Waals surface area contributed by atoms with Crippen LogP contribution in [0.3, 0.4) is 0 Å². The molecule has 2 aliphatic heterocycles. The van der Waals surface area contributed by atoms with E-state index in [1.165, 1.54) is 11.3 Å². The third kappa shape index (κ3) is 3.65. The van der Waals surface area contributed by atoms with Gasteiger partial charge in [-0.2, -0.15) is 0 Å². The number of pyridine rings is 1. The summed E-state index contributed by atoms with van der Waals surface area (Å²) < 4.78 is -0.175. The number of carbonyl (C=O) groups excluding carboxylic acids is 3. The fourth-order valence-electron chi connectivity index (χ4n) is 4.48. The first kappa shape index (κ1) is 21.0. The number of urea groups is 1. The van der Waals surface area contributed by atoms with E-state index in [1.807, 2.05) is 48.2 Å². The SMILES string of the molecule is Cc1ccc2c(C(=O)N3CCC4(CC3)CC(=O)c3ccccc3S4)c(NC(N)=O)sc2n1. The third-order valence-electron chi connectivity index (χ3n) is 6.10. The Hall–Kier alpha value is -2.91. The molecule has 9 heteroatoms. The number of nitrogens with zero attached hydrogens (tertiary/aromatic N) is 2. The van der Waals surface area contributed by atoms with Gasteiger partial charge >= 0.3 is 6.03 Å². The number of amides is 3. The van der Waals surface area contributed by atoms with Gasteiger partial charge in [-0.25, -0.2) is 9.78 Å². The molecule has 32 heavy (non-hydrogen) atoms. The molecule has 3 amide bonds. The molecule has 164 valence electrons. The predicted molar refractivity (Wildman–Crippen MR) is 127 cm³/mol. The Kier molecular flexibility index (Phi) is 5.17. The van der Waals surface area contributed by atoms with Crippen LogP contribution in [0.15, 0.2) is 41.3 Å². The van der Waals surface area contributed by atoms with E-state index in [0.717, 1.165) is 29.0 Å². The third-order valence-corrected chi connectivity index (χ3v) is 8.68. The number of fused-ring (bicyclic) bond motifs is 2. The van der Waals surface area contributed by atoms with Gasteiger partial charge in [-0.05, 0) is 38.0 Å². The number of thioether (sulfide) groups is 1. The minimum atomic E-state index is -0.712. The first-order valence-electron chi connectivity index (χ1n) is 10.4. The van der Waals surface area contributed by atoms with Crippen molar-refractivity contribution >= 4 is 56.0 Å². The summed E-state index contributed by atoms with van der Waals surface area (Å²) in [6.45, 7) is 2.98. The number of nitrogens with one attached hydrogen (secondary N) is 1. The number of rotatable bonds is 2. The summed E-state index contributed by atoms with van der Waals surface area (Å²) in [6.07, 6.45) is 1.97. The number of piperidine rings is 1. The van der Waals surface area contributed by atoms with E-state index in [-0.39, 0.29) is 16.4 Å². The zero-order chi connectivity index (χ0) is 22.5. The molecule has 1 spiro atoms. The Labute approximate surface area is 193 Å². The summed E-state index contributed by atoms with van der Waals surface area (Å²) in [5.74, 6) is 0.0328. The highest BCUT2D eigenvalue weighted by molar-refractivity contribution is 8.01. The predicted octanol–water partition coefficient (Wildman–Crippen LogP) is 4.45. The van der Waals surface area contributed by atoms with E-state index in [1.54, 1.807) is 11.8 Å². The number of anilines is 1. The monoisotopic (exact) mass is 466 g/mol. The normalized spacial score (nSPS) is 17.4. The fraction of sp³-hybridized carbons (Fsp3) is 0.304. The van der Waals surface area contributed by atoms with Crippen LogP contribution in [0, 0.1) is 6.92 Å². The van der Waals surface area contributed by atoms with Crippen LogP contribution in [0.4, 0.5) is 9.80 Å². The second-order valence-corrected chi connectivity index (χ2v) is 10.8. The van der Waals surface area contributed by atoms with Gasteiger partial charge in [-0.1, -0.05) is 29.5 Å². The Morgan fingerprint density at radius 2 is 1.91 bits per heavy atom. The van der Waals surface area contributed by atoms with Crippen LogP contribution in [0.5, 0.6) is 0 Å². The quantitative estimate of drug-likeness (QED) is 0.581. The molecule has 3 aromatic rings. The maximum atomic E-state index is 13.5. The van der Waals surface area contributed by atoms with E-state index >= 15 is 0 Å². The summed E-state index contributed by atoms with van der Waals surface area (Å²) >= 11 is 3.02. The molecule has 2 aliphatic rings. The van der Waals surface area contributed by atoms with Gasteiger partial charge in [0.1, 0.15) is 9.83 Å². The van der Waals surface area contributed by atoms with Crippen LogP contribution in [0.2, 0.25) is 0 Å². The molecule has 1 saturated heterocycles. The minimum Gasteiger partial charge on any atom is -0.351 e. The molecule has 4 heterocycles. The molecule has 0 unspecified atom stereocenters. The molecule has 0 saturated carbocycles. The van der Waals surface area contributed by atoms with Crippen molar-refractivity contribution in [1.82, 2.24) is 9.88 Å². The number of ketones is 1. The van der Waals surface area contributed by atoms with E-state index in [0.29, 0.717) is 40.3 Å². The number of aryl methyl sites for hydroxylation is 1. The summed E-state index contributed by atoms with van der Waals surface area (Å²) in [5.41, 5.74) is 7.42. The number of hydrogen-bond donors (Lipinski definition) is 2. The van der Waals surface area contributed by atoms with Crippen molar-refractivity contribution < 1.29 is 14.4 Å². The number of primary amides is 1. The first-order valence-corrected chi connectivity index (χ1v) is 12.1. The number of carbonyl (C=O) groups is 3. The Morgan fingerprint density at radius 1 is 1.16 bits per heavy atom. The zero-order valence-electron chi connectivity index (χ0n) is 17.5. The summed E-state index contributed by atoms with van der Waals surface area (Å²) in [5, 5.41) is 3.73. The van der Waals surface area contributed by atoms with Crippen molar-refractivity contribution in [3.8, 4) is 0 Å². The van der Waals surface area contributed by atoms with Gasteiger partial charge < -0.3 is 10.6 Å². The summed E-state index contributed by atoms with van der Waals surface area (Å²) in [4.78, 5) is 45.8. The second-order valence-electron chi connectivity index (χ2n) is 8.27. The number of likely N-dealkylation sites (tertiary alicyclic amines) is 1. The fourth-order valence-corrected chi connectivity index (χ4v) is 7.09. The molecule has 3 N–H and O–H groups in total. The van der Waals surface area contributed by atoms with Crippen LogP contribution < -0.4 is 11.1 Å². The summed E-state index contributed by atoms with van der Waals surface area (Å²) in [7, 11) is 0. The number of thiophene rings is 1. The largest absolute Gasteiger partial charge is 0.351 e. The van der Waals surface area contributed by atoms with Crippen molar-refractivity contribution in [3.05, 3.63) is 53.2 Å². The Balaban J connectivity index is 1.40. The molecule has 5 rings (SSSR count). The van der Waals surface area contributed by atoms with E-state index in [2.05, 4.69) is 10.3 Å². The van der Waals surface area contributed by atoms with Gasteiger partial charge in [-0.3, -0.25) is 14.9 Å². The van der Waals surface area contributed by atoms with Gasteiger partial charge in [0.25, 0.3) is 5.91 Å². The Morgan fingerprint density at radius 3 is 2.66 bits per heavy atom. The van der Waals surface area contributed by atoms with Crippen LogP contribution in [0.25, 0.3) is 10.2 Å². The van der Waals surface area contributed by atoms with Gasteiger partial charge in [0.2, 0.25) is 0 Å². The number of aromatic nitrogens is 1. The molecule has 0 atom stereocenters. The second kappa shape index (κ2) is 7.90. The molecule has 7 nitrogen and oxygen atoms in total. The lowest BCUT2D eigenvalue weighted by Crippen LogP contribution is -2.47. The topological polar surface area (TPSA) is 105 Å². The van der Waals surface area contributed by atoms with Crippen LogP contribution >= 0.6 is 23.1 Å². The highest BCUT2D eigenvalue weighted by atomic mass is 32.2. The lowest BCUT2D eigenvalue weighted by molar-refractivity contribution is 0.0699.